The van der Waals surface area contributed by atoms with E-state index in [1.54, 1.807) is 19.2 Å². The first-order valence-electron chi connectivity index (χ1n) is 5.12. The van der Waals surface area contributed by atoms with Crippen LogP contribution in [0.1, 0.15) is 23.2 Å². The standard InChI is InChI=1S/C8H9NO2.C4H6O.Na/c1-9-7-4-2-6(3-5-7)8(10)11;5-3-4-1-2-4;/h2-5,9H,1H3,(H,10,11);3-4H,1-2H2;/q;;+1/p-1. The Kier molecular flexibility index (Phi) is 7.87. The van der Waals surface area contributed by atoms with Gasteiger partial charge in [0.25, 0.3) is 0 Å². The normalized spacial score (nSPS) is 12.5. The van der Waals surface area contributed by atoms with E-state index in [-0.39, 0.29) is 35.1 Å². The Hall–Kier alpha value is -0.840. The quantitative estimate of drug-likeness (QED) is 0.478. The Morgan fingerprint density at radius 2 is 1.88 bits per heavy atom. The molecule has 0 aromatic heterocycles. The number of carbonyl (C=O) groups excluding carboxylic acids is 2. The van der Waals surface area contributed by atoms with Crippen molar-refractivity contribution in [2.24, 2.45) is 5.92 Å². The van der Waals surface area contributed by atoms with Crippen molar-refractivity contribution in [3.05, 3.63) is 29.8 Å². The molecule has 0 heterocycles. The first kappa shape index (κ1) is 16.2. The van der Waals surface area contributed by atoms with Crippen molar-refractivity contribution in [3.63, 3.8) is 0 Å². The average Bonchev–Trinajstić information content (AvgIpc) is 3.13. The number of aldehydes is 1. The Balaban J connectivity index is 0.000000360. The molecule has 5 heteroatoms. The molecule has 1 saturated carbocycles. The molecule has 86 valence electrons. The van der Waals surface area contributed by atoms with Gasteiger partial charge in [0.05, 0.1) is 5.97 Å². The molecule has 0 atom stereocenters. The van der Waals surface area contributed by atoms with Crippen LogP contribution in [0.4, 0.5) is 5.69 Å². The van der Waals surface area contributed by atoms with Gasteiger partial charge in [-0.15, -0.1) is 0 Å². The van der Waals surface area contributed by atoms with Crippen molar-refractivity contribution in [3.8, 4) is 0 Å². The molecular formula is C12H14NNaO3. The fraction of sp³-hybridized carbons (Fsp3) is 0.333. The van der Waals surface area contributed by atoms with E-state index in [2.05, 4.69) is 5.32 Å². The molecule has 0 unspecified atom stereocenters. The van der Waals surface area contributed by atoms with Gasteiger partial charge in [0.15, 0.2) is 0 Å². The van der Waals surface area contributed by atoms with Crippen LogP contribution in [-0.4, -0.2) is 19.3 Å². The van der Waals surface area contributed by atoms with E-state index in [9.17, 15) is 14.7 Å². The maximum Gasteiger partial charge on any atom is 1.00 e. The Morgan fingerprint density at radius 1 is 1.35 bits per heavy atom. The molecule has 4 nitrogen and oxygen atoms in total. The first-order chi connectivity index (χ1) is 7.67. The number of carboxylic acid groups (broad SMARTS) is 1. The minimum Gasteiger partial charge on any atom is -0.545 e. The molecule has 1 fully saturated rings. The zero-order valence-corrected chi connectivity index (χ0v) is 12.1. The summed E-state index contributed by atoms with van der Waals surface area (Å²) >= 11 is 0. The molecule has 1 aromatic rings. The number of carbonyl (C=O) groups is 2. The molecule has 0 amide bonds. The van der Waals surface area contributed by atoms with Crippen molar-refractivity contribution in [1.82, 2.24) is 0 Å². The van der Waals surface area contributed by atoms with Gasteiger partial charge in [0.2, 0.25) is 0 Å². The van der Waals surface area contributed by atoms with Crippen LogP contribution in [0.2, 0.25) is 0 Å². The fourth-order valence-electron chi connectivity index (χ4n) is 1.01. The Morgan fingerprint density at radius 3 is 2.12 bits per heavy atom. The van der Waals surface area contributed by atoms with E-state index in [1.807, 2.05) is 0 Å². The van der Waals surface area contributed by atoms with E-state index < -0.39 is 5.97 Å². The molecule has 0 aliphatic heterocycles. The van der Waals surface area contributed by atoms with Crippen molar-refractivity contribution >= 4 is 17.9 Å². The number of carboxylic acids is 1. The van der Waals surface area contributed by atoms with Gasteiger partial charge in [-0.3, -0.25) is 0 Å². The van der Waals surface area contributed by atoms with Crippen LogP contribution in [0.25, 0.3) is 0 Å². The van der Waals surface area contributed by atoms with Crippen LogP contribution in [-0.2, 0) is 4.79 Å². The monoisotopic (exact) mass is 243 g/mol. The summed E-state index contributed by atoms with van der Waals surface area (Å²) in [5.41, 5.74) is 1.08. The second kappa shape index (κ2) is 8.28. The van der Waals surface area contributed by atoms with Gasteiger partial charge in [0.1, 0.15) is 6.29 Å². The van der Waals surface area contributed by atoms with Crippen molar-refractivity contribution < 1.29 is 44.3 Å². The number of nitrogens with one attached hydrogen (secondary N) is 1. The van der Waals surface area contributed by atoms with Gasteiger partial charge < -0.3 is 20.0 Å². The van der Waals surface area contributed by atoms with E-state index in [0.717, 1.165) is 24.8 Å². The zero-order valence-electron chi connectivity index (χ0n) is 10.1. The predicted octanol–water partition coefficient (Wildman–Crippen LogP) is -2.31. The molecule has 1 aliphatic rings. The number of hydrogen-bond donors (Lipinski definition) is 1. The summed E-state index contributed by atoms with van der Waals surface area (Å²) in [4.78, 5) is 19.8. The summed E-state index contributed by atoms with van der Waals surface area (Å²) in [7, 11) is 1.77. The topological polar surface area (TPSA) is 69.2 Å². The second-order valence-electron chi connectivity index (χ2n) is 3.59. The molecule has 1 aliphatic carbocycles. The molecule has 17 heavy (non-hydrogen) atoms. The zero-order chi connectivity index (χ0) is 12.0. The summed E-state index contributed by atoms with van der Waals surface area (Å²) < 4.78 is 0. The van der Waals surface area contributed by atoms with E-state index >= 15 is 0 Å². The smallest absolute Gasteiger partial charge is 0.545 e. The summed E-state index contributed by atoms with van der Waals surface area (Å²) in [5.74, 6) is -0.692. The van der Waals surface area contributed by atoms with Crippen LogP contribution >= 0.6 is 0 Å². The Bertz CT molecular complexity index is 361. The predicted molar refractivity (Wildman–Crippen MR) is 59.1 cm³/mol. The van der Waals surface area contributed by atoms with Gasteiger partial charge in [0, 0.05) is 18.7 Å². The molecule has 1 aromatic carbocycles. The molecule has 2 rings (SSSR count). The number of benzene rings is 1. The van der Waals surface area contributed by atoms with Crippen LogP contribution in [0.3, 0.4) is 0 Å². The van der Waals surface area contributed by atoms with Gasteiger partial charge in [-0.25, -0.2) is 0 Å². The SMILES string of the molecule is CNc1ccc(C(=O)[O-])cc1.O=CC1CC1.[Na+]. The summed E-state index contributed by atoms with van der Waals surface area (Å²) in [6.07, 6.45) is 3.31. The van der Waals surface area contributed by atoms with Crippen molar-refractivity contribution in [2.45, 2.75) is 12.8 Å². The number of hydrogen-bond acceptors (Lipinski definition) is 4. The summed E-state index contributed by atoms with van der Waals surface area (Å²) in [6, 6.07) is 6.37. The summed E-state index contributed by atoms with van der Waals surface area (Å²) in [6.45, 7) is 0. The molecule has 0 saturated heterocycles. The molecule has 0 spiro atoms. The van der Waals surface area contributed by atoms with Crippen LogP contribution in [0.5, 0.6) is 0 Å². The van der Waals surface area contributed by atoms with Gasteiger partial charge >= 0.3 is 29.6 Å². The molecule has 0 bridgehead atoms. The fourth-order valence-corrected chi connectivity index (χ4v) is 1.01. The van der Waals surface area contributed by atoms with Crippen LogP contribution in [0.15, 0.2) is 24.3 Å². The van der Waals surface area contributed by atoms with Crippen LogP contribution in [0, 0.1) is 5.92 Å². The van der Waals surface area contributed by atoms with Crippen molar-refractivity contribution in [2.75, 3.05) is 12.4 Å². The number of anilines is 1. The third kappa shape index (κ3) is 6.46. The average molecular weight is 243 g/mol. The summed E-state index contributed by atoms with van der Waals surface area (Å²) in [5, 5.41) is 13.1. The number of rotatable bonds is 3. The molecule has 0 radical (unpaired) electrons. The van der Waals surface area contributed by atoms with E-state index in [0.29, 0.717) is 5.92 Å². The van der Waals surface area contributed by atoms with E-state index in [1.165, 1.54) is 12.1 Å². The van der Waals surface area contributed by atoms with E-state index in [4.69, 9.17) is 0 Å². The Labute approximate surface area is 123 Å². The minimum absolute atomic E-state index is 0. The maximum absolute atomic E-state index is 10.3. The van der Waals surface area contributed by atoms with Gasteiger partial charge in [-0.2, -0.15) is 0 Å². The largest absolute Gasteiger partial charge is 1.00 e. The third-order valence-corrected chi connectivity index (χ3v) is 2.22. The second-order valence-corrected chi connectivity index (χ2v) is 3.59. The van der Waals surface area contributed by atoms with Crippen molar-refractivity contribution in [1.29, 1.82) is 0 Å². The first-order valence-corrected chi connectivity index (χ1v) is 5.12. The molecule has 1 N–H and O–H groups in total. The molecular weight excluding hydrogens is 229 g/mol. The van der Waals surface area contributed by atoms with Gasteiger partial charge in [-0.1, -0.05) is 12.1 Å². The van der Waals surface area contributed by atoms with Crippen LogP contribution < -0.4 is 40.0 Å². The maximum atomic E-state index is 10.3. The minimum atomic E-state index is -1.15. The van der Waals surface area contributed by atoms with Gasteiger partial charge in [-0.05, 0) is 30.5 Å². The third-order valence-electron chi connectivity index (χ3n) is 2.22. The number of aromatic carboxylic acids is 1.